The number of imidazole rings is 2. The molecule has 0 aliphatic carbocycles. The van der Waals surface area contributed by atoms with E-state index in [2.05, 4.69) is 57.8 Å². The van der Waals surface area contributed by atoms with Crippen LogP contribution < -0.4 is 5.32 Å². The fraction of sp³-hybridized carbons (Fsp3) is 0.500. The van der Waals surface area contributed by atoms with Gasteiger partial charge in [-0.25, -0.2) is 9.97 Å². The molecule has 2 heterocycles. The average molecular weight is 483 g/mol. The standard InChI is InChI=1S/C26H38N6OS/c1-19(2)32(20(3)4)16-6-5-11-31-26(33)21-7-9-22(10-8-21)34-23(17-24-27-12-13-28-24)18-25-29-14-15-30-25/h7-10,12-15,19-20,23H,5-6,11,16-18H2,1-4H3,(H,27,28)(H,29,30)(H,31,33). The number of nitrogens with one attached hydrogen (secondary N) is 3. The van der Waals surface area contributed by atoms with E-state index in [0.29, 0.717) is 24.2 Å². The second-order valence-corrected chi connectivity index (χ2v) is 10.5. The van der Waals surface area contributed by atoms with Crippen LogP contribution in [-0.4, -0.2) is 61.2 Å². The van der Waals surface area contributed by atoms with Crippen molar-refractivity contribution in [2.45, 2.75) is 75.6 Å². The molecule has 0 aliphatic heterocycles. The van der Waals surface area contributed by atoms with Gasteiger partial charge in [-0.2, -0.15) is 0 Å². The van der Waals surface area contributed by atoms with Crippen LogP contribution in [-0.2, 0) is 12.8 Å². The van der Waals surface area contributed by atoms with Crippen LogP contribution in [0.2, 0.25) is 0 Å². The van der Waals surface area contributed by atoms with Crippen molar-refractivity contribution in [2.75, 3.05) is 13.1 Å². The van der Waals surface area contributed by atoms with E-state index in [1.165, 1.54) is 0 Å². The van der Waals surface area contributed by atoms with Crippen molar-refractivity contribution in [1.29, 1.82) is 0 Å². The number of H-pyrrole nitrogens is 2. The normalized spacial score (nSPS) is 11.8. The summed E-state index contributed by atoms with van der Waals surface area (Å²) in [4.78, 5) is 31.3. The van der Waals surface area contributed by atoms with Crippen LogP contribution in [0.5, 0.6) is 0 Å². The summed E-state index contributed by atoms with van der Waals surface area (Å²) in [5.74, 6) is 1.92. The maximum absolute atomic E-state index is 12.6. The molecule has 0 atom stereocenters. The molecule has 0 spiro atoms. The number of hydrogen-bond donors (Lipinski definition) is 3. The van der Waals surface area contributed by atoms with E-state index in [-0.39, 0.29) is 11.2 Å². The Morgan fingerprint density at radius 3 is 2.03 bits per heavy atom. The number of benzene rings is 1. The first kappa shape index (κ1) is 26.0. The van der Waals surface area contributed by atoms with Crippen LogP contribution >= 0.6 is 11.8 Å². The first-order valence-electron chi connectivity index (χ1n) is 12.2. The Balaban J connectivity index is 1.47. The largest absolute Gasteiger partial charge is 0.352 e. The van der Waals surface area contributed by atoms with Gasteiger partial charge in [-0.05, 0) is 71.3 Å². The van der Waals surface area contributed by atoms with Crippen molar-refractivity contribution in [3.05, 3.63) is 66.3 Å². The minimum Gasteiger partial charge on any atom is -0.352 e. The van der Waals surface area contributed by atoms with E-state index in [0.717, 1.165) is 48.8 Å². The molecule has 34 heavy (non-hydrogen) atoms. The van der Waals surface area contributed by atoms with Crippen LogP contribution in [0.25, 0.3) is 0 Å². The molecule has 2 aromatic heterocycles. The molecule has 0 radical (unpaired) electrons. The SMILES string of the molecule is CC(C)N(CCCCNC(=O)c1ccc(SC(Cc2ncc[nH]2)Cc2ncc[nH]2)cc1)C(C)C. The number of hydrogen-bond acceptors (Lipinski definition) is 5. The molecule has 7 nitrogen and oxygen atoms in total. The zero-order chi connectivity index (χ0) is 24.3. The number of aromatic amines is 2. The van der Waals surface area contributed by atoms with E-state index >= 15 is 0 Å². The van der Waals surface area contributed by atoms with Crippen LogP contribution in [0.1, 0.15) is 62.5 Å². The van der Waals surface area contributed by atoms with Crippen LogP contribution in [0.3, 0.4) is 0 Å². The maximum Gasteiger partial charge on any atom is 0.251 e. The Labute approximate surface area is 207 Å². The Kier molecular flexibility index (Phi) is 10.2. The second-order valence-electron chi connectivity index (χ2n) is 9.13. The van der Waals surface area contributed by atoms with Crippen molar-refractivity contribution in [3.8, 4) is 0 Å². The van der Waals surface area contributed by atoms with Gasteiger partial charge in [0.2, 0.25) is 0 Å². The Hall–Kier alpha value is -2.58. The van der Waals surface area contributed by atoms with E-state index in [1.807, 2.05) is 36.7 Å². The summed E-state index contributed by atoms with van der Waals surface area (Å²) in [5, 5.41) is 3.33. The average Bonchev–Trinajstić information content (AvgIpc) is 3.50. The first-order valence-corrected chi connectivity index (χ1v) is 13.1. The first-order chi connectivity index (χ1) is 16.4. The monoisotopic (exact) mass is 482 g/mol. The lowest BCUT2D eigenvalue weighted by Crippen LogP contribution is -2.38. The Bertz CT molecular complexity index is 910. The van der Waals surface area contributed by atoms with Crippen molar-refractivity contribution >= 4 is 17.7 Å². The molecule has 0 bridgehead atoms. The number of amides is 1. The highest BCUT2D eigenvalue weighted by Crippen LogP contribution is 2.27. The smallest absolute Gasteiger partial charge is 0.251 e. The minimum atomic E-state index is -0.0103. The molecule has 1 aromatic carbocycles. The van der Waals surface area contributed by atoms with Crippen molar-refractivity contribution in [1.82, 2.24) is 30.2 Å². The molecule has 0 saturated heterocycles. The van der Waals surface area contributed by atoms with Crippen LogP contribution in [0.4, 0.5) is 0 Å². The summed E-state index contributed by atoms with van der Waals surface area (Å²) in [5.41, 5.74) is 0.698. The molecule has 184 valence electrons. The summed E-state index contributed by atoms with van der Waals surface area (Å²) in [6.07, 6.45) is 10.9. The minimum absolute atomic E-state index is 0.0103. The molecule has 0 aliphatic rings. The van der Waals surface area contributed by atoms with Gasteiger partial charge in [0, 0.05) is 72.0 Å². The highest BCUT2D eigenvalue weighted by atomic mass is 32.2. The number of aromatic nitrogens is 4. The summed E-state index contributed by atoms with van der Waals surface area (Å²) >= 11 is 1.78. The van der Waals surface area contributed by atoms with Crippen LogP contribution in [0.15, 0.2) is 53.9 Å². The Morgan fingerprint density at radius 2 is 1.53 bits per heavy atom. The van der Waals surface area contributed by atoms with Gasteiger partial charge in [0.1, 0.15) is 11.6 Å². The number of unbranched alkanes of at least 4 members (excludes halogenated alkanes) is 1. The van der Waals surface area contributed by atoms with Gasteiger partial charge in [0.05, 0.1) is 0 Å². The molecule has 3 rings (SSSR count). The topological polar surface area (TPSA) is 89.7 Å². The molecule has 0 saturated carbocycles. The van der Waals surface area contributed by atoms with Gasteiger partial charge in [-0.3, -0.25) is 9.69 Å². The molecule has 3 aromatic rings. The highest BCUT2D eigenvalue weighted by molar-refractivity contribution is 8.00. The molecule has 0 fully saturated rings. The fourth-order valence-electron chi connectivity index (χ4n) is 4.12. The lowest BCUT2D eigenvalue weighted by atomic mass is 10.2. The maximum atomic E-state index is 12.6. The number of carbonyl (C=O) groups excluding carboxylic acids is 1. The number of carbonyl (C=O) groups is 1. The third kappa shape index (κ3) is 8.33. The Morgan fingerprint density at radius 1 is 0.941 bits per heavy atom. The number of rotatable bonds is 14. The summed E-state index contributed by atoms with van der Waals surface area (Å²) in [6, 6.07) is 8.97. The predicted octanol–water partition coefficient (Wildman–Crippen LogP) is 4.71. The third-order valence-corrected chi connectivity index (χ3v) is 7.04. The van der Waals surface area contributed by atoms with Crippen molar-refractivity contribution < 1.29 is 4.79 Å². The van der Waals surface area contributed by atoms with Crippen molar-refractivity contribution in [2.24, 2.45) is 0 Å². The highest BCUT2D eigenvalue weighted by Gasteiger charge is 2.16. The summed E-state index contributed by atoms with van der Waals surface area (Å²) in [6.45, 7) is 10.7. The van der Waals surface area contributed by atoms with Gasteiger partial charge in [-0.1, -0.05) is 0 Å². The molecule has 3 N–H and O–H groups in total. The molecule has 8 heteroatoms. The lowest BCUT2D eigenvalue weighted by Gasteiger charge is -2.30. The van der Waals surface area contributed by atoms with Gasteiger partial charge in [0.15, 0.2) is 0 Å². The van der Waals surface area contributed by atoms with Gasteiger partial charge in [-0.15, -0.1) is 11.8 Å². The zero-order valence-corrected chi connectivity index (χ0v) is 21.6. The van der Waals surface area contributed by atoms with E-state index in [1.54, 1.807) is 24.2 Å². The molecule has 0 unspecified atom stereocenters. The second kappa shape index (κ2) is 13.3. The van der Waals surface area contributed by atoms with Gasteiger partial charge >= 0.3 is 0 Å². The molecular weight excluding hydrogens is 444 g/mol. The fourth-order valence-corrected chi connectivity index (χ4v) is 5.28. The quantitative estimate of drug-likeness (QED) is 0.229. The number of thioether (sulfide) groups is 1. The molecular formula is C26H38N6OS. The van der Waals surface area contributed by atoms with E-state index in [9.17, 15) is 4.79 Å². The van der Waals surface area contributed by atoms with E-state index < -0.39 is 0 Å². The summed E-state index contributed by atoms with van der Waals surface area (Å²) in [7, 11) is 0. The van der Waals surface area contributed by atoms with Gasteiger partial charge < -0.3 is 15.3 Å². The third-order valence-electron chi connectivity index (χ3n) is 5.83. The van der Waals surface area contributed by atoms with Gasteiger partial charge in [0.25, 0.3) is 5.91 Å². The van der Waals surface area contributed by atoms with Crippen LogP contribution in [0, 0.1) is 0 Å². The molecule has 1 amide bonds. The van der Waals surface area contributed by atoms with E-state index in [4.69, 9.17) is 0 Å². The number of nitrogens with zero attached hydrogens (tertiary/aromatic N) is 3. The zero-order valence-electron chi connectivity index (χ0n) is 20.8. The van der Waals surface area contributed by atoms with Crippen molar-refractivity contribution in [3.63, 3.8) is 0 Å². The predicted molar refractivity (Wildman–Crippen MR) is 139 cm³/mol. The lowest BCUT2D eigenvalue weighted by molar-refractivity contribution is 0.0951. The summed E-state index contributed by atoms with van der Waals surface area (Å²) < 4.78 is 0.